The Morgan fingerprint density at radius 1 is 1.12 bits per heavy atom. The minimum Gasteiger partial charge on any atom is -0.399 e. The van der Waals surface area contributed by atoms with Crippen molar-refractivity contribution in [2.24, 2.45) is 0 Å². The van der Waals surface area contributed by atoms with Crippen LogP contribution in [0.25, 0.3) is 0 Å². The number of hydrogen-bond acceptors (Lipinski definition) is 4. The Hall–Kier alpha value is -2.05. The lowest BCUT2D eigenvalue weighted by molar-refractivity contribution is -0.121. The van der Waals surface area contributed by atoms with Gasteiger partial charge in [-0.3, -0.25) is 4.79 Å². The van der Waals surface area contributed by atoms with Crippen molar-refractivity contribution in [2.75, 3.05) is 12.0 Å². The van der Waals surface area contributed by atoms with Gasteiger partial charge in [-0.2, -0.15) is 0 Å². The van der Waals surface area contributed by atoms with E-state index >= 15 is 0 Å². The van der Waals surface area contributed by atoms with E-state index in [1.165, 1.54) is 6.26 Å². The molecule has 0 saturated carbocycles. The van der Waals surface area contributed by atoms with Gasteiger partial charge in [0, 0.05) is 18.4 Å². The van der Waals surface area contributed by atoms with Crippen molar-refractivity contribution in [1.29, 1.82) is 0 Å². The molecule has 0 radical (unpaired) electrons. The number of nitrogens with two attached hydrogens (primary N) is 1. The third-order valence-electron chi connectivity index (χ3n) is 3.86. The van der Waals surface area contributed by atoms with E-state index < -0.39 is 9.84 Å². The first-order valence-electron chi connectivity index (χ1n) is 7.70. The zero-order chi connectivity index (χ0) is 17.7. The van der Waals surface area contributed by atoms with E-state index in [1.54, 1.807) is 24.3 Å². The van der Waals surface area contributed by atoms with E-state index in [1.807, 2.05) is 31.2 Å². The predicted octanol–water partition coefficient (Wildman–Crippen LogP) is 2.90. The molecule has 1 unspecified atom stereocenters. The van der Waals surface area contributed by atoms with Crippen LogP contribution in [0.2, 0.25) is 0 Å². The normalized spacial score (nSPS) is 12.1. The number of carbonyl (C=O) groups excluding carboxylic acids is 1. The minimum absolute atomic E-state index is 0. The molecular formula is C18H23ClN2O3S. The van der Waals surface area contributed by atoms with Crippen molar-refractivity contribution in [1.82, 2.24) is 5.32 Å². The van der Waals surface area contributed by atoms with Crippen LogP contribution < -0.4 is 11.1 Å². The van der Waals surface area contributed by atoms with E-state index in [4.69, 9.17) is 5.73 Å². The first-order chi connectivity index (χ1) is 11.3. The number of para-hydroxylation sites is 1. The molecule has 0 aliphatic rings. The largest absolute Gasteiger partial charge is 0.399 e. The molecule has 2 aromatic rings. The molecule has 2 aromatic carbocycles. The van der Waals surface area contributed by atoms with Gasteiger partial charge in [0.1, 0.15) is 0 Å². The highest BCUT2D eigenvalue weighted by molar-refractivity contribution is 7.90. The van der Waals surface area contributed by atoms with Gasteiger partial charge in [0.05, 0.1) is 10.9 Å². The topological polar surface area (TPSA) is 89.3 Å². The standard InChI is InChI=1S/C18H22N2O3S.ClH/c1-13(14-7-10-16(11-8-14)24(2,22)23)20-18(21)12-9-15-5-3-4-6-17(15)19;/h3-8,10-11,13H,9,12,19H2,1-2H3,(H,20,21);1H. The Morgan fingerprint density at radius 2 is 1.72 bits per heavy atom. The molecule has 136 valence electrons. The van der Waals surface area contributed by atoms with Gasteiger partial charge in [-0.1, -0.05) is 30.3 Å². The summed E-state index contributed by atoms with van der Waals surface area (Å²) in [5.74, 6) is -0.0713. The minimum atomic E-state index is -3.21. The van der Waals surface area contributed by atoms with Crippen LogP contribution in [0.5, 0.6) is 0 Å². The first kappa shape index (κ1) is 21.0. The summed E-state index contributed by atoms with van der Waals surface area (Å²) in [6, 6.07) is 13.8. The van der Waals surface area contributed by atoms with Crippen LogP contribution >= 0.6 is 12.4 Å². The average Bonchev–Trinajstić information content (AvgIpc) is 2.53. The number of benzene rings is 2. The van der Waals surface area contributed by atoms with Gasteiger partial charge in [-0.15, -0.1) is 12.4 Å². The molecule has 0 spiro atoms. The molecule has 3 N–H and O–H groups in total. The van der Waals surface area contributed by atoms with Crippen molar-refractivity contribution in [3.8, 4) is 0 Å². The number of hydrogen-bond donors (Lipinski definition) is 2. The zero-order valence-corrected chi connectivity index (χ0v) is 15.9. The highest BCUT2D eigenvalue weighted by atomic mass is 35.5. The third-order valence-corrected chi connectivity index (χ3v) is 4.99. The summed E-state index contributed by atoms with van der Waals surface area (Å²) in [6.07, 6.45) is 2.10. The van der Waals surface area contributed by atoms with Crippen molar-refractivity contribution in [3.05, 3.63) is 59.7 Å². The molecule has 0 aliphatic heterocycles. The lowest BCUT2D eigenvalue weighted by Crippen LogP contribution is -2.26. The molecule has 1 atom stereocenters. The molecule has 5 nitrogen and oxygen atoms in total. The average molecular weight is 383 g/mol. The number of carbonyl (C=O) groups is 1. The highest BCUT2D eigenvalue weighted by Gasteiger charge is 2.12. The van der Waals surface area contributed by atoms with Gasteiger partial charge < -0.3 is 11.1 Å². The summed E-state index contributed by atoms with van der Waals surface area (Å²) in [6.45, 7) is 1.87. The monoisotopic (exact) mass is 382 g/mol. The first-order valence-corrected chi connectivity index (χ1v) is 9.59. The fourth-order valence-corrected chi connectivity index (χ4v) is 3.04. The molecule has 1 amide bonds. The molecule has 0 bridgehead atoms. The lowest BCUT2D eigenvalue weighted by Gasteiger charge is -2.15. The van der Waals surface area contributed by atoms with Crippen LogP contribution in [0.1, 0.15) is 30.5 Å². The molecule has 0 saturated heterocycles. The molecule has 0 fully saturated rings. The van der Waals surface area contributed by atoms with Crippen molar-refractivity contribution < 1.29 is 13.2 Å². The summed E-state index contributed by atoms with van der Waals surface area (Å²) in [4.78, 5) is 12.4. The third kappa shape index (κ3) is 6.07. The van der Waals surface area contributed by atoms with Crippen LogP contribution in [0.4, 0.5) is 5.69 Å². The number of nitrogens with one attached hydrogen (secondary N) is 1. The summed E-state index contributed by atoms with van der Waals surface area (Å²) in [5.41, 5.74) is 8.37. The second-order valence-corrected chi connectivity index (χ2v) is 7.84. The number of halogens is 1. The van der Waals surface area contributed by atoms with Crippen LogP contribution in [-0.2, 0) is 21.1 Å². The highest BCUT2D eigenvalue weighted by Crippen LogP contribution is 2.17. The van der Waals surface area contributed by atoms with E-state index in [0.29, 0.717) is 18.5 Å². The van der Waals surface area contributed by atoms with Crippen LogP contribution in [0.3, 0.4) is 0 Å². The Morgan fingerprint density at radius 3 is 2.28 bits per heavy atom. The summed E-state index contributed by atoms with van der Waals surface area (Å²) < 4.78 is 22.9. The molecule has 0 aromatic heterocycles. The maximum Gasteiger partial charge on any atom is 0.220 e. The number of aryl methyl sites for hydroxylation is 1. The SMILES string of the molecule is CC(NC(=O)CCc1ccccc1N)c1ccc(S(C)(=O)=O)cc1.Cl. The van der Waals surface area contributed by atoms with E-state index in [2.05, 4.69) is 5.32 Å². The van der Waals surface area contributed by atoms with E-state index in [9.17, 15) is 13.2 Å². The fourth-order valence-electron chi connectivity index (χ4n) is 2.41. The summed E-state index contributed by atoms with van der Waals surface area (Å²) in [5, 5.41) is 2.91. The zero-order valence-electron chi connectivity index (χ0n) is 14.2. The number of nitrogen functional groups attached to an aromatic ring is 1. The smallest absolute Gasteiger partial charge is 0.220 e. The van der Waals surface area contributed by atoms with Gasteiger partial charge in [-0.05, 0) is 42.7 Å². The van der Waals surface area contributed by atoms with E-state index in [0.717, 1.165) is 11.1 Å². The molecule has 2 rings (SSSR count). The molecule has 7 heteroatoms. The summed E-state index contributed by atoms with van der Waals surface area (Å²) >= 11 is 0. The van der Waals surface area contributed by atoms with Crippen molar-refractivity contribution in [2.45, 2.75) is 30.7 Å². The fraction of sp³-hybridized carbons (Fsp3) is 0.278. The molecular weight excluding hydrogens is 360 g/mol. The second-order valence-electron chi connectivity index (χ2n) is 5.83. The Labute approximate surface area is 155 Å². The van der Waals surface area contributed by atoms with Crippen LogP contribution in [0.15, 0.2) is 53.4 Å². The number of amides is 1. The van der Waals surface area contributed by atoms with Gasteiger partial charge >= 0.3 is 0 Å². The lowest BCUT2D eigenvalue weighted by atomic mass is 10.1. The number of rotatable bonds is 6. The van der Waals surface area contributed by atoms with E-state index in [-0.39, 0.29) is 29.3 Å². The summed E-state index contributed by atoms with van der Waals surface area (Å²) in [7, 11) is -3.21. The van der Waals surface area contributed by atoms with Crippen molar-refractivity contribution in [3.63, 3.8) is 0 Å². The number of anilines is 1. The maximum absolute atomic E-state index is 12.1. The van der Waals surface area contributed by atoms with Gasteiger partial charge in [0.15, 0.2) is 9.84 Å². The molecule has 0 aliphatic carbocycles. The Bertz CT molecular complexity index is 820. The maximum atomic E-state index is 12.1. The Balaban J connectivity index is 0.00000312. The van der Waals surface area contributed by atoms with Crippen LogP contribution in [0, 0.1) is 0 Å². The number of sulfone groups is 1. The van der Waals surface area contributed by atoms with Gasteiger partial charge in [0.2, 0.25) is 5.91 Å². The quantitative estimate of drug-likeness (QED) is 0.751. The van der Waals surface area contributed by atoms with Crippen LogP contribution in [-0.4, -0.2) is 20.6 Å². The molecule has 25 heavy (non-hydrogen) atoms. The van der Waals surface area contributed by atoms with Gasteiger partial charge in [-0.25, -0.2) is 8.42 Å². The second kappa shape index (κ2) is 8.87. The Kier molecular flexibility index (Phi) is 7.45. The van der Waals surface area contributed by atoms with Crippen molar-refractivity contribution >= 4 is 33.8 Å². The van der Waals surface area contributed by atoms with Gasteiger partial charge in [0.25, 0.3) is 0 Å². The predicted molar refractivity (Wildman–Crippen MR) is 103 cm³/mol. The molecule has 0 heterocycles.